The zero-order valence-electron chi connectivity index (χ0n) is 14.6. The molecule has 1 aromatic rings. The van der Waals surface area contributed by atoms with E-state index < -0.39 is 0 Å². The van der Waals surface area contributed by atoms with Gasteiger partial charge in [-0.3, -0.25) is 4.99 Å². The molecule has 1 unspecified atom stereocenters. The second kappa shape index (κ2) is 13.4. The van der Waals surface area contributed by atoms with Gasteiger partial charge in [0, 0.05) is 18.2 Å². The smallest absolute Gasteiger partial charge is 0.191 e. The van der Waals surface area contributed by atoms with E-state index in [-0.39, 0.29) is 24.0 Å². The first-order valence-electron chi connectivity index (χ1n) is 7.95. The zero-order chi connectivity index (χ0) is 16.2. The Morgan fingerprint density at radius 3 is 2.65 bits per heavy atom. The minimum atomic E-state index is 0. The van der Waals surface area contributed by atoms with Crippen molar-refractivity contribution >= 4 is 29.9 Å². The molecule has 0 aliphatic rings. The van der Waals surface area contributed by atoms with Gasteiger partial charge in [0.05, 0.1) is 26.9 Å². The SMILES string of the molecule is CCNC(=NCCOCc1ccccc1OC)NC(C)CC.I. The van der Waals surface area contributed by atoms with Crippen molar-refractivity contribution < 1.29 is 9.47 Å². The number of halogens is 1. The van der Waals surface area contributed by atoms with Gasteiger partial charge in [-0.25, -0.2) is 0 Å². The summed E-state index contributed by atoms with van der Waals surface area (Å²) in [4.78, 5) is 4.51. The summed E-state index contributed by atoms with van der Waals surface area (Å²) in [7, 11) is 1.67. The maximum atomic E-state index is 5.68. The highest BCUT2D eigenvalue weighted by molar-refractivity contribution is 14.0. The summed E-state index contributed by atoms with van der Waals surface area (Å²) >= 11 is 0. The number of ether oxygens (including phenoxy) is 2. The highest BCUT2D eigenvalue weighted by atomic mass is 127. The molecule has 0 heterocycles. The largest absolute Gasteiger partial charge is 0.496 e. The Labute approximate surface area is 157 Å². The summed E-state index contributed by atoms with van der Waals surface area (Å²) in [6, 6.07) is 8.30. The molecule has 2 N–H and O–H groups in total. The van der Waals surface area contributed by atoms with Gasteiger partial charge >= 0.3 is 0 Å². The van der Waals surface area contributed by atoms with Crippen molar-refractivity contribution in [2.24, 2.45) is 4.99 Å². The topological polar surface area (TPSA) is 54.9 Å². The standard InChI is InChI=1S/C17H29N3O2.HI/c1-5-14(3)20-17(18-6-2)19-11-12-22-13-15-9-7-8-10-16(15)21-4;/h7-10,14H,5-6,11-13H2,1-4H3,(H2,18,19,20);1H. The molecule has 23 heavy (non-hydrogen) atoms. The van der Waals surface area contributed by atoms with E-state index in [4.69, 9.17) is 9.47 Å². The molecule has 0 bridgehead atoms. The van der Waals surface area contributed by atoms with Crippen molar-refractivity contribution in [2.75, 3.05) is 26.8 Å². The summed E-state index contributed by atoms with van der Waals surface area (Å²) in [6.07, 6.45) is 1.06. The molecule has 5 nitrogen and oxygen atoms in total. The molecule has 0 fully saturated rings. The van der Waals surface area contributed by atoms with Crippen LogP contribution in [0.25, 0.3) is 0 Å². The van der Waals surface area contributed by atoms with Crippen molar-refractivity contribution in [3.63, 3.8) is 0 Å². The monoisotopic (exact) mass is 435 g/mol. The van der Waals surface area contributed by atoms with Gasteiger partial charge in [-0.05, 0) is 26.3 Å². The number of nitrogens with one attached hydrogen (secondary N) is 2. The molecule has 0 aliphatic heterocycles. The van der Waals surface area contributed by atoms with Gasteiger partial charge in [-0.2, -0.15) is 0 Å². The Kier molecular flexibility index (Phi) is 12.8. The van der Waals surface area contributed by atoms with Gasteiger partial charge in [-0.15, -0.1) is 24.0 Å². The third-order valence-corrected chi connectivity index (χ3v) is 3.30. The molecule has 0 saturated carbocycles. The lowest BCUT2D eigenvalue weighted by molar-refractivity contribution is 0.126. The first-order chi connectivity index (χ1) is 10.7. The van der Waals surface area contributed by atoms with Gasteiger partial charge < -0.3 is 20.1 Å². The van der Waals surface area contributed by atoms with E-state index in [0.717, 1.165) is 30.2 Å². The number of guanidine groups is 1. The van der Waals surface area contributed by atoms with Gasteiger partial charge in [-0.1, -0.05) is 25.1 Å². The first kappa shape index (κ1) is 22.0. The van der Waals surface area contributed by atoms with E-state index in [1.807, 2.05) is 24.3 Å². The number of rotatable bonds is 9. The molecule has 0 aromatic heterocycles. The number of nitrogens with zero attached hydrogens (tertiary/aromatic N) is 1. The minimum absolute atomic E-state index is 0. The zero-order valence-corrected chi connectivity index (χ0v) is 16.9. The van der Waals surface area contributed by atoms with Crippen LogP contribution >= 0.6 is 24.0 Å². The number of hydrogen-bond acceptors (Lipinski definition) is 3. The van der Waals surface area contributed by atoms with Crippen LogP contribution in [0, 0.1) is 0 Å². The molecule has 0 radical (unpaired) electrons. The number of benzene rings is 1. The highest BCUT2D eigenvalue weighted by Crippen LogP contribution is 2.17. The van der Waals surface area contributed by atoms with Crippen LogP contribution in [0.15, 0.2) is 29.3 Å². The van der Waals surface area contributed by atoms with E-state index in [2.05, 4.69) is 36.4 Å². The number of methoxy groups -OCH3 is 1. The molecule has 6 heteroatoms. The van der Waals surface area contributed by atoms with Crippen LogP contribution < -0.4 is 15.4 Å². The van der Waals surface area contributed by atoms with E-state index in [9.17, 15) is 0 Å². The molecule has 1 atom stereocenters. The molecular weight excluding hydrogens is 405 g/mol. The van der Waals surface area contributed by atoms with Crippen molar-refractivity contribution in [3.05, 3.63) is 29.8 Å². The maximum absolute atomic E-state index is 5.68. The molecule has 132 valence electrons. The average molecular weight is 435 g/mol. The van der Waals surface area contributed by atoms with Gasteiger partial charge in [0.1, 0.15) is 5.75 Å². The summed E-state index contributed by atoms with van der Waals surface area (Å²) < 4.78 is 11.0. The molecule has 0 spiro atoms. The fourth-order valence-corrected chi connectivity index (χ4v) is 1.88. The second-order valence-electron chi connectivity index (χ2n) is 5.08. The third kappa shape index (κ3) is 9.00. The van der Waals surface area contributed by atoms with Crippen LogP contribution in [0.3, 0.4) is 0 Å². The van der Waals surface area contributed by atoms with Crippen LogP contribution in [0.5, 0.6) is 5.75 Å². The van der Waals surface area contributed by atoms with Crippen molar-refractivity contribution in [3.8, 4) is 5.75 Å². The van der Waals surface area contributed by atoms with Crippen LogP contribution in [0.4, 0.5) is 0 Å². The Bertz CT molecular complexity index is 455. The third-order valence-electron chi connectivity index (χ3n) is 3.30. The van der Waals surface area contributed by atoms with E-state index in [0.29, 0.717) is 25.8 Å². The molecule has 0 aliphatic carbocycles. The molecular formula is C17H30IN3O2. The van der Waals surface area contributed by atoms with Gasteiger partial charge in [0.2, 0.25) is 0 Å². The Morgan fingerprint density at radius 1 is 1.26 bits per heavy atom. The number of para-hydroxylation sites is 1. The van der Waals surface area contributed by atoms with E-state index in [1.165, 1.54) is 0 Å². The Balaban J connectivity index is 0.00000484. The van der Waals surface area contributed by atoms with Crippen molar-refractivity contribution in [1.29, 1.82) is 0 Å². The predicted octanol–water partition coefficient (Wildman–Crippen LogP) is 3.18. The lowest BCUT2D eigenvalue weighted by Crippen LogP contribution is -2.42. The Hall–Kier alpha value is -1.02. The first-order valence-corrected chi connectivity index (χ1v) is 7.95. The van der Waals surface area contributed by atoms with Crippen LogP contribution in [0.1, 0.15) is 32.8 Å². The number of hydrogen-bond donors (Lipinski definition) is 2. The maximum Gasteiger partial charge on any atom is 0.191 e. The Morgan fingerprint density at radius 2 is 2.00 bits per heavy atom. The van der Waals surface area contributed by atoms with Gasteiger partial charge in [0.15, 0.2) is 5.96 Å². The summed E-state index contributed by atoms with van der Waals surface area (Å²) in [5, 5.41) is 6.60. The molecule has 1 aromatic carbocycles. The fourth-order valence-electron chi connectivity index (χ4n) is 1.88. The van der Waals surface area contributed by atoms with Crippen molar-refractivity contribution in [1.82, 2.24) is 10.6 Å². The van der Waals surface area contributed by atoms with Crippen LogP contribution in [-0.2, 0) is 11.3 Å². The quantitative estimate of drug-likeness (QED) is 0.271. The minimum Gasteiger partial charge on any atom is -0.496 e. The van der Waals surface area contributed by atoms with Gasteiger partial charge in [0.25, 0.3) is 0 Å². The summed E-state index contributed by atoms with van der Waals surface area (Å²) in [6.45, 7) is 8.95. The van der Waals surface area contributed by atoms with Crippen LogP contribution in [0.2, 0.25) is 0 Å². The molecule has 0 saturated heterocycles. The normalized spacial score (nSPS) is 12.3. The molecule has 1 rings (SSSR count). The lowest BCUT2D eigenvalue weighted by Gasteiger charge is -2.16. The van der Waals surface area contributed by atoms with E-state index in [1.54, 1.807) is 7.11 Å². The summed E-state index contributed by atoms with van der Waals surface area (Å²) in [5.41, 5.74) is 1.05. The second-order valence-corrected chi connectivity index (χ2v) is 5.08. The highest BCUT2D eigenvalue weighted by Gasteiger charge is 2.03. The van der Waals surface area contributed by atoms with E-state index >= 15 is 0 Å². The number of aliphatic imine (C=N–C) groups is 1. The van der Waals surface area contributed by atoms with Crippen molar-refractivity contribution in [2.45, 2.75) is 39.8 Å². The van der Waals surface area contributed by atoms with Crippen LogP contribution in [-0.4, -0.2) is 38.8 Å². The fraction of sp³-hybridized carbons (Fsp3) is 0.588. The average Bonchev–Trinajstić information content (AvgIpc) is 2.54. The molecule has 0 amide bonds. The summed E-state index contributed by atoms with van der Waals surface area (Å²) in [5.74, 6) is 1.70. The predicted molar refractivity (Wildman–Crippen MR) is 107 cm³/mol. The lowest BCUT2D eigenvalue weighted by atomic mass is 10.2.